The summed E-state index contributed by atoms with van der Waals surface area (Å²) in [4.78, 5) is 0. The monoisotopic (exact) mass is 238 g/mol. The predicted molar refractivity (Wildman–Crippen MR) is 70.4 cm³/mol. The SMILES string of the molecule is C#CCCCC1C[C@@H](C(C)C)CCC1(O)CO. The molecule has 0 heterocycles. The first kappa shape index (κ1) is 14.5. The van der Waals surface area contributed by atoms with Gasteiger partial charge in [0, 0.05) is 6.42 Å². The second-order valence-corrected chi connectivity index (χ2v) is 5.83. The molecule has 17 heavy (non-hydrogen) atoms. The lowest BCUT2D eigenvalue weighted by Crippen LogP contribution is -2.46. The van der Waals surface area contributed by atoms with Crippen molar-refractivity contribution in [2.75, 3.05) is 6.61 Å². The highest BCUT2D eigenvalue weighted by atomic mass is 16.3. The number of hydrogen-bond donors (Lipinski definition) is 2. The van der Waals surface area contributed by atoms with Crippen molar-refractivity contribution in [2.24, 2.45) is 17.8 Å². The molecule has 0 aliphatic heterocycles. The normalized spacial score (nSPS) is 33.6. The molecule has 0 bridgehead atoms. The molecule has 3 atom stereocenters. The molecule has 0 radical (unpaired) electrons. The van der Waals surface area contributed by atoms with Crippen LogP contribution in [0.2, 0.25) is 0 Å². The van der Waals surface area contributed by atoms with Gasteiger partial charge in [-0.25, -0.2) is 0 Å². The number of aliphatic hydroxyl groups is 2. The van der Waals surface area contributed by atoms with Crippen LogP contribution >= 0.6 is 0 Å². The van der Waals surface area contributed by atoms with Gasteiger partial charge in [-0.3, -0.25) is 0 Å². The molecule has 1 rings (SSSR count). The van der Waals surface area contributed by atoms with E-state index in [1.54, 1.807) is 0 Å². The number of aliphatic hydroxyl groups excluding tert-OH is 1. The van der Waals surface area contributed by atoms with Crippen LogP contribution in [0, 0.1) is 30.1 Å². The Kier molecular flexibility index (Phi) is 5.49. The second-order valence-electron chi connectivity index (χ2n) is 5.83. The molecule has 98 valence electrons. The summed E-state index contributed by atoms with van der Waals surface area (Å²) in [7, 11) is 0. The fourth-order valence-electron chi connectivity index (χ4n) is 2.99. The van der Waals surface area contributed by atoms with E-state index in [4.69, 9.17) is 6.42 Å². The van der Waals surface area contributed by atoms with E-state index >= 15 is 0 Å². The molecule has 1 fully saturated rings. The standard InChI is InChI=1S/C15H26O2/c1-4-5-6-7-14-10-13(12(2)3)8-9-15(14,17)11-16/h1,12-14,16-17H,5-11H2,2-3H3/t13-,14?,15?/m0/s1. The zero-order chi connectivity index (χ0) is 12.9. The van der Waals surface area contributed by atoms with Gasteiger partial charge in [0.05, 0.1) is 12.2 Å². The summed E-state index contributed by atoms with van der Waals surface area (Å²) in [5.41, 5.74) is -0.861. The van der Waals surface area contributed by atoms with Gasteiger partial charge in [0.1, 0.15) is 0 Å². The molecule has 0 aromatic carbocycles. The van der Waals surface area contributed by atoms with Crippen molar-refractivity contribution >= 4 is 0 Å². The van der Waals surface area contributed by atoms with E-state index in [0.717, 1.165) is 38.5 Å². The fourth-order valence-corrected chi connectivity index (χ4v) is 2.99. The lowest BCUT2D eigenvalue weighted by atomic mass is 9.67. The van der Waals surface area contributed by atoms with Crippen LogP contribution in [-0.4, -0.2) is 22.4 Å². The Balaban J connectivity index is 2.60. The summed E-state index contributed by atoms with van der Waals surface area (Å²) in [6, 6.07) is 0. The molecule has 0 saturated heterocycles. The molecule has 2 heteroatoms. The summed E-state index contributed by atoms with van der Waals surface area (Å²) < 4.78 is 0. The summed E-state index contributed by atoms with van der Waals surface area (Å²) >= 11 is 0. The molecule has 2 unspecified atom stereocenters. The molecule has 1 aliphatic carbocycles. The average molecular weight is 238 g/mol. The van der Waals surface area contributed by atoms with Crippen LogP contribution in [0.25, 0.3) is 0 Å². The summed E-state index contributed by atoms with van der Waals surface area (Å²) in [6.07, 6.45) is 10.7. The van der Waals surface area contributed by atoms with Crippen LogP contribution < -0.4 is 0 Å². The first-order valence-corrected chi connectivity index (χ1v) is 6.80. The molecular formula is C15H26O2. The summed E-state index contributed by atoms with van der Waals surface area (Å²) in [6.45, 7) is 4.37. The number of terminal acetylenes is 1. The molecule has 0 aromatic heterocycles. The molecular weight excluding hydrogens is 212 g/mol. The van der Waals surface area contributed by atoms with Crippen LogP contribution in [-0.2, 0) is 0 Å². The van der Waals surface area contributed by atoms with Gasteiger partial charge in [-0.05, 0) is 49.9 Å². The fraction of sp³-hybridized carbons (Fsp3) is 0.867. The minimum atomic E-state index is -0.861. The topological polar surface area (TPSA) is 40.5 Å². The molecule has 1 saturated carbocycles. The zero-order valence-corrected chi connectivity index (χ0v) is 11.2. The van der Waals surface area contributed by atoms with E-state index in [0.29, 0.717) is 11.8 Å². The number of hydrogen-bond acceptors (Lipinski definition) is 2. The van der Waals surface area contributed by atoms with Crippen molar-refractivity contribution in [1.29, 1.82) is 0 Å². The van der Waals surface area contributed by atoms with E-state index in [2.05, 4.69) is 19.8 Å². The van der Waals surface area contributed by atoms with Gasteiger partial charge in [0.25, 0.3) is 0 Å². The van der Waals surface area contributed by atoms with Crippen molar-refractivity contribution in [3.8, 4) is 12.3 Å². The minimum Gasteiger partial charge on any atom is -0.393 e. The van der Waals surface area contributed by atoms with Gasteiger partial charge in [-0.15, -0.1) is 12.3 Å². The van der Waals surface area contributed by atoms with Crippen LogP contribution in [0.5, 0.6) is 0 Å². The van der Waals surface area contributed by atoms with Gasteiger partial charge < -0.3 is 10.2 Å². The largest absolute Gasteiger partial charge is 0.393 e. The number of unbranched alkanes of at least 4 members (excludes halogenated alkanes) is 1. The van der Waals surface area contributed by atoms with E-state index < -0.39 is 5.60 Å². The third-order valence-corrected chi connectivity index (χ3v) is 4.39. The van der Waals surface area contributed by atoms with Crippen molar-refractivity contribution in [2.45, 2.75) is 58.0 Å². The highest BCUT2D eigenvalue weighted by molar-refractivity contribution is 4.93. The Morgan fingerprint density at radius 1 is 1.47 bits per heavy atom. The lowest BCUT2D eigenvalue weighted by molar-refractivity contribution is -0.103. The van der Waals surface area contributed by atoms with E-state index in [-0.39, 0.29) is 12.5 Å². The molecule has 0 amide bonds. The van der Waals surface area contributed by atoms with Gasteiger partial charge in [0.15, 0.2) is 0 Å². The Hall–Kier alpha value is -0.520. The Morgan fingerprint density at radius 3 is 2.71 bits per heavy atom. The Labute approximate surface area is 105 Å². The predicted octanol–water partition coefficient (Wildman–Crippen LogP) is 2.59. The average Bonchev–Trinajstić information content (AvgIpc) is 2.31. The van der Waals surface area contributed by atoms with Gasteiger partial charge in [-0.1, -0.05) is 13.8 Å². The Bertz CT molecular complexity index is 267. The van der Waals surface area contributed by atoms with E-state index in [9.17, 15) is 10.2 Å². The van der Waals surface area contributed by atoms with Crippen molar-refractivity contribution in [1.82, 2.24) is 0 Å². The lowest BCUT2D eigenvalue weighted by Gasteiger charge is -2.43. The molecule has 2 N–H and O–H groups in total. The highest BCUT2D eigenvalue weighted by Gasteiger charge is 2.41. The minimum absolute atomic E-state index is 0.113. The maximum Gasteiger partial charge on any atom is 0.0905 e. The van der Waals surface area contributed by atoms with Crippen molar-refractivity contribution < 1.29 is 10.2 Å². The maximum absolute atomic E-state index is 10.4. The van der Waals surface area contributed by atoms with Crippen molar-refractivity contribution in [3.05, 3.63) is 0 Å². The molecule has 1 aliphatic rings. The van der Waals surface area contributed by atoms with Crippen LogP contribution in [0.4, 0.5) is 0 Å². The van der Waals surface area contributed by atoms with Crippen LogP contribution in [0.15, 0.2) is 0 Å². The first-order chi connectivity index (χ1) is 8.03. The molecule has 0 aromatic rings. The third kappa shape index (κ3) is 3.72. The summed E-state index contributed by atoms with van der Waals surface area (Å²) in [5, 5.41) is 19.8. The smallest absolute Gasteiger partial charge is 0.0905 e. The van der Waals surface area contributed by atoms with Gasteiger partial charge in [0.2, 0.25) is 0 Å². The molecule has 2 nitrogen and oxygen atoms in total. The van der Waals surface area contributed by atoms with E-state index in [1.807, 2.05) is 0 Å². The Morgan fingerprint density at radius 2 is 2.18 bits per heavy atom. The number of rotatable bonds is 5. The third-order valence-electron chi connectivity index (χ3n) is 4.39. The summed E-state index contributed by atoms with van der Waals surface area (Å²) in [5.74, 6) is 4.19. The maximum atomic E-state index is 10.4. The first-order valence-electron chi connectivity index (χ1n) is 6.80. The van der Waals surface area contributed by atoms with Gasteiger partial charge >= 0.3 is 0 Å². The van der Waals surface area contributed by atoms with E-state index in [1.165, 1.54) is 0 Å². The molecule has 0 spiro atoms. The van der Waals surface area contributed by atoms with Crippen molar-refractivity contribution in [3.63, 3.8) is 0 Å². The van der Waals surface area contributed by atoms with Gasteiger partial charge in [-0.2, -0.15) is 0 Å². The van der Waals surface area contributed by atoms with Crippen LogP contribution in [0.3, 0.4) is 0 Å². The second kappa shape index (κ2) is 6.42. The quantitative estimate of drug-likeness (QED) is 0.571. The zero-order valence-electron chi connectivity index (χ0n) is 11.2. The highest BCUT2D eigenvalue weighted by Crippen LogP contribution is 2.42. The van der Waals surface area contributed by atoms with Crippen LogP contribution in [0.1, 0.15) is 52.4 Å².